The molecular formula is C24H29N5O2. The van der Waals surface area contributed by atoms with E-state index in [-0.39, 0.29) is 11.9 Å². The number of nitriles is 1. The van der Waals surface area contributed by atoms with E-state index in [2.05, 4.69) is 23.1 Å². The summed E-state index contributed by atoms with van der Waals surface area (Å²) in [4.78, 5) is 19.5. The Labute approximate surface area is 183 Å². The van der Waals surface area contributed by atoms with Gasteiger partial charge in [0.2, 0.25) is 5.91 Å². The molecule has 0 saturated carbocycles. The predicted octanol–water partition coefficient (Wildman–Crippen LogP) is 3.64. The molecule has 0 aliphatic rings. The molecule has 0 radical (unpaired) electrons. The lowest BCUT2D eigenvalue weighted by atomic mass is 10.0. The summed E-state index contributed by atoms with van der Waals surface area (Å²) in [7, 11) is 1.65. The first-order chi connectivity index (χ1) is 14.9. The standard InChI is InChI=1S/C24H29N5O2/c1-6-28(16(2)13-19-7-9-21(31-5)10-8-19)23(30)12-11-22-17(3)27-24-20(14-25)15-26-29(24)18(22)4/h7-10,15-16H,6,11-13H2,1-5H3. The fourth-order valence-electron chi connectivity index (χ4n) is 4.07. The van der Waals surface area contributed by atoms with Gasteiger partial charge >= 0.3 is 0 Å². The van der Waals surface area contributed by atoms with Crippen LogP contribution in [0, 0.1) is 25.2 Å². The van der Waals surface area contributed by atoms with E-state index >= 15 is 0 Å². The topological polar surface area (TPSA) is 83.5 Å². The van der Waals surface area contributed by atoms with Crippen LogP contribution in [0.5, 0.6) is 5.75 Å². The zero-order valence-corrected chi connectivity index (χ0v) is 18.8. The van der Waals surface area contributed by atoms with Gasteiger partial charge in [0.15, 0.2) is 5.65 Å². The fourth-order valence-corrected chi connectivity index (χ4v) is 4.07. The van der Waals surface area contributed by atoms with E-state index < -0.39 is 0 Å². The van der Waals surface area contributed by atoms with Crippen LogP contribution in [0.3, 0.4) is 0 Å². The Morgan fingerprint density at radius 1 is 1.29 bits per heavy atom. The number of ether oxygens (including phenoxy) is 1. The summed E-state index contributed by atoms with van der Waals surface area (Å²) in [5, 5.41) is 13.5. The maximum Gasteiger partial charge on any atom is 0.223 e. The summed E-state index contributed by atoms with van der Waals surface area (Å²) in [6.45, 7) is 8.64. The van der Waals surface area contributed by atoms with Crippen molar-refractivity contribution >= 4 is 11.6 Å². The van der Waals surface area contributed by atoms with E-state index in [1.807, 2.05) is 49.9 Å². The van der Waals surface area contributed by atoms with Gasteiger partial charge in [0, 0.05) is 30.4 Å². The molecule has 0 saturated heterocycles. The van der Waals surface area contributed by atoms with Crippen LogP contribution in [-0.4, -0.2) is 45.1 Å². The number of fused-ring (bicyclic) bond motifs is 1. The van der Waals surface area contributed by atoms with Gasteiger partial charge in [0.1, 0.15) is 17.4 Å². The van der Waals surface area contributed by atoms with E-state index in [4.69, 9.17) is 4.74 Å². The average molecular weight is 420 g/mol. The lowest BCUT2D eigenvalue weighted by Gasteiger charge is -2.28. The maximum absolute atomic E-state index is 13.0. The van der Waals surface area contributed by atoms with E-state index in [0.717, 1.165) is 29.1 Å². The highest BCUT2D eigenvalue weighted by molar-refractivity contribution is 5.77. The van der Waals surface area contributed by atoms with Gasteiger partial charge in [-0.25, -0.2) is 9.50 Å². The number of nitrogens with zero attached hydrogens (tertiary/aromatic N) is 5. The second kappa shape index (κ2) is 9.61. The number of hydrogen-bond acceptors (Lipinski definition) is 5. The zero-order chi connectivity index (χ0) is 22.5. The Kier molecular flexibility index (Phi) is 6.91. The minimum atomic E-state index is 0.0954. The number of aryl methyl sites for hydroxylation is 2. The lowest BCUT2D eigenvalue weighted by molar-refractivity contribution is -0.132. The molecule has 1 atom stereocenters. The largest absolute Gasteiger partial charge is 0.497 e. The number of methoxy groups -OCH3 is 1. The van der Waals surface area contributed by atoms with Gasteiger partial charge in [-0.05, 0) is 63.8 Å². The van der Waals surface area contributed by atoms with Crippen molar-refractivity contribution in [2.45, 2.75) is 53.0 Å². The van der Waals surface area contributed by atoms with Gasteiger partial charge in [-0.3, -0.25) is 4.79 Å². The van der Waals surface area contributed by atoms with Crippen LogP contribution in [0.15, 0.2) is 30.5 Å². The molecule has 2 aromatic heterocycles. The number of carbonyl (C=O) groups excluding carboxylic acids is 1. The molecule has 162 valence electrons. The number of amides is 1. The summed E-state index contributed by atoms with van der Waals surface area (Å²) >= 11 is 0. The summed E-state index contributed by atoms with van der Waals surface area (Å²) in [5.74, 6) is 0.954. The van der Waals surface area contributed by atoms with Crippen LogP contribution in [0.25, 0.3) is 5.65 Å². The molecule has 0 aliphatic carbocycles. The third kappa shape index (κ3) is 4.69. The van der Waals surface area contributed by atoms with Crippen LogP contribution in [0.1, 0.15) is 48.3 Å². The number of carbonyl (C=O) groups is 1. The molecule has 0 bridgehead atoms. The Bertz CT molecular complexity index is 1110. The monoisotopic (exact) mass is 419 g/mol. The Balaban J connectivity index is 1.70. The van der Waals surface area contributed by atoms with Crippen LogP contribution in [0.4, 0.5) is 0 Å². The van der Waals surface area contributed by atoms with Crippen molar-refractivity contribution in [3.05, 3.63) is 58.5 Å². The van der Waals surface area contributed by atoms with E-state index in [0.29, 0.717) is 30.6 Å². The molecule has 7 heteroatoms. The number of rotatable bonds is 8. The number of benzene rings is 1. The SMILES string of the molecule is CCN(C(=O)CCc1c(C)nc2c(C#N)cnn2c1C)C(C)Cc1ccc(OC)cc1. The third-order valence-electron chi connectivity index (χ3n) is 5.80. The molecule has 0 N–H and O–H groups in total. The minimum absolute atomic E-state index is 0.0954. The van der Waals surface area contributed by atoms with Crippen molar-refractivity contribution in [2.75, 3.05) is 13.7 Å². The minimum Gasteiger partial charge on any atom is -0.497 e. The first-order valence-electron chi connectivity index (χ1n) is 10.6. The van der Waals surface area contributed by atoms with Crippen LogP contribution >= 0.6 is 0 Å². The number of hydrogen-bond donors (Lipinski definition) is 0. The molecule has 1 amide bonds. The van der Waals surface area contributed by atoms with Gasteiger partial charge in [-0.2, -0.15) is 10.4 Å². The molecular weight excluding hydrogens is 390 g/mol. The normalized spacial score (nSPS) is 11.9. The third-order valence-corrected chi connectivity index (χ3v) is 5.80. The fraction of sp³-hybridized carbons (Fsp3) is 0.417. The summed E-state index contributed by atoms with van der Waals surface area (Å²) < 4.78 is 6.91. The van der Waals surface area contributed by atoms with E-state index in [1.54, 1.807) is 11.6 Å². The van der Waals surface area contributed by atoms with Gasteiger partial charge in [-0.15, -0.1) is 0 Å². The molecule has 0 spiro atoms. The first-order valence-corrected chi connectivity index (χ1v) is 10.6. The van der Waals surface area contributed by atoms with Crippen molar-refractivity contribution in [2.24, 2.45) is 0 Å². The van der Waals surface area contributed by atoms with Gasteiger partial charge in [-0.1, -0.05) is 12.1 Å². The molecule has 0 fully saturated rings. The van der Waals surface area contributed by atoms with Crippen molar-refractivity contribution in [1.29, 1.82) is 5.26 Å². The van der Waals surface area contributed by atoms with Crippen LogP contribution in [-0.2, 0) is 17.6 Å². The van der Waals surface area contributed by atoms with Gasteiger partial charge < -0.3 is 9.64 Å². The van der Waals surface area contributed by atoms with Crippen molar-refractivity contribution in [1.82, 2.24) is 19.5 Å². The summed E-state index contributed by atoms with van der Waals surface area (Å²) in [5.41, 5.74) is 4.96. The van der Waals surface area contributed by atoms with Gasteiger partial charge in [0.25, 0.3) is 0 Å². The second-order valence-corrected chi connectivity index (χ2v) is 7.75. The summed E-state index contributed by atoms with van der Waals surface area (Å²) in [6.07, 6.45) is 3.32. The number of likely N-dealkylation sites (N-methyl/N-ethyl adjacent to an activating group) is 1. The predicted molar refractivity (Wildman–Crippen MR) is 119 cm³/mol. The molecule has 3 rings (SSSR count). The van der Waals surface area contributed by atoms with Gasteiger partial charge in [0.05, 0.1) is 13.3 Å². The van der Waals surface area contributed by atoms with E-state index in [1.165, 1.54) is 11.8 Å². The van der Waals surface area contributed by atoms with Crippen molar-refractivity contribution < 1.29 is 9.53 Å². The molecule has 3 aromatic rings. The second-order valence-electron chi connectivity index (χ2n) is 7.75. The molecule has 31 heavy (non-hydrogen) atoms. The number of aromatic nitrogens is 3. The maximum atomic E-state index is 13.0. The average Bonchev–Trinajstić information content (AvgIpc) is 3.17. The van der Waals surface area contributed by atoms with E-state index in [9.17, 15) is 10.1 Å². The molecule has 7 nitrogen and oxygen atoms in total. The molecule has 0 aliphatic heterocycles. The zero-order valence-electron chi connectivity index (χ0n) is 18.8. The quantitative estimate of drug-likeness (QED) is 0.557. The molecule has 1 aromatic carbocycles. The Morgan fingerprint density at radius 2 is 2.00 bits per heavy atom. The van der Waals surface area contributed by atoms with Crippen molar-refractivity contribution in [3.8, 4) is 11.8 Å². The van der Waals surface area contributed by atoms with Crippen LogP contribution < -0.4 is 4.74 Å². The molecule has 1 unspecified atom stereocenters. The molecule has 2 heterocycles. The Hall–Kier alpha value is -3.40. The summed E-state index contributed by atoms with van der Waals surface area (Å²) in [6, 6.07) is 10.2. The smallest absolute Gasteiger partial charge is 0.223 e. The Morgan fingerprint density at radius 3 is 2.61 bits per heavy atom. The lowest BCUT2D eigenvalue weighted by Crippen LogP contribution is -2.39. The highest BCUT2D eigenvalue weighted by atomic mass is 16.5. The first kappa shape index (κ1) is 22.3. The highest BCUT2D eigenvalue weighted by Crippen LogP contribution is 2.20. The van der Waals surface area contributed by atoms with Crippen LogP contribution in [0.2, 0.25) is 0 Å². The highest BCUT2D eigenvalue weighted by Gasteiger charge is 2.20. The van der Waals surface area contributed by atoms with Crippen molar-refractivity contribution in [3.63, 3.8) is 0 Å².